The number of carbonyl (C=O) groups is 3. The number of urea groups is 1. The van der Waals surface area contributed by atoms with Crippen molar-refractivity contribution < 1.29 is 32.7 Å². The Balaban J connectivity index is 2.89. The van der Waals surface area contributed by atoms with E-state index in [1.165, 1.54) is 13.8 Å². The van der Waals surface area contributed by atoms with Gasteiger partial charge in [-0.3, -0.25) is 9.59 Å². The first-order valence-electron chi connectivity index (χ1n) is 6.00. The van der Waals surface area contributed by atoms with E-state index in [-0.39, 0.29) is 6.54 Å². The van der Waals surface area contributed by atoms with Crippen LogP contribution in [0.25, 0.3) is 0 Å². The summed E-state index contributed by atoms with van der Waals surface area (Å²) >= 11 is 0. The topological polar surface area (TPSA) is 113 Å². The summed E-state index contributed by atoms with van der Waals surface area (Å²) in [6.07, 6.45) is -5.72. The van der Waals surface area contributed by atoms with Gasteiger partial charge in [0.1, 0.15) is 5.54 Å². The molecule has 4 N–H and O–H groups in total. The third kappa shape index (κ3) is 3.03. The Morgan fingerprint density at radius 2 is 1.81 bits per heavy atom. The number of amides is 3. The van der Waals surface area contributed by atoms with Gasteiger partial charge in [-0.05, 0) is 20.3 Å². The molecule has 0 bridgehead atoms. The first-order chi connectivity index (χ1) is 9.33. The largest absolute Gasteiger partial charge is 0.481 e. The number of halogens is 3. The van der Waals surface area contributed by atoms with Crippen molar-refractivity contribution in [3.05, 3.63) is 0 Å². The fourth-order valence-electron chi connectivity index (χ4n) is 1.92. The van der Waals surface area contributed by atoms with Crippen LogP contribution in [0.5, 0.6) is 0 Å². The van der Waals surface area contributed by atoms with Crippen molar-refractivity contribution in [2.45, 2.75) is 32.0 Å². The van der Waals surface area contributed by atoms with Gasteiger partial charge in [-0.15, -0.1) is 0 Å². The van der Waals surface area contributed by atoms with Crippen LogP contribution in [-0.4, -0.2) is 52.7 Å². The highest BCUT2D eigenvalue weighted by atomic mass is 19.4. The van der Waals surface area contributed by atoms with Gasteiger partial charge in [-0.2, -0.15) is 13.2 Å². The van der Waals surface area contributed by atoms with Crippen LogP contribution in [0.15, 0.2) is 0 Å². The number of carboxylic acids is 1. The van der Waals surface area contributed by atoms with E-state index < -0.39 is 48.0 Å². The van der Waals surface area contributed by atoms with E-state index in [1.807, 2.05) is 0 Å². The number of carbonyl (C=O) groups excluding carboxylic acids is 2. The second-order valence-corrected chi connectivity index (χ2v) is 5.48. The number of hydrogen-bond acceptors (Lipinski definition) is 3. The predicted molar refractivity (Wildman–Crippen MR) is 64.1 cm³/mol. The Hall–Kier alpha value is -2.00. The van der Waals surface area contributed by atoms with Gasteiger partial charge in [0.05, 0.1) is 0 Å². The van der Waals surface area contributed by atoms with Crippen molar-refractivity contribution in [1.82, 2.24) is 10.2 Å². The van der Waals surface area contributed by atoms with E-state index in [1.54, 1.807) is 0 Å². The third-order valence-electron chi connectivity index (χ3n) is 3.54. The lowest BCUT2D eigenvalue weighted by Gasteiger charge is -2.29. The Kier molecular flexibility index (Phi) is 4.13. The number of alkyl halides is 3. The molecule has 0 aromatic carbocycles. The molecule has 1 saturated heterocycles. The predicted octanol–water partition coefficient (Wildman–Crippen LogP) is 0.299. The minimum absolute atomic E-state index is 0.382. The highest BCUT2D eigenvalue weighted by Crippen LogP contribution is 2.45. The highest BCUT2D eigenvalue weighted by molar-refractivity contribution is 5.89. The average molecular weight is 311 g/mol. The van der Waals surface area contributed by atoms with Crippen LogP contribution in [0.4, 0.5) is 18.0 Å². The lowest BCUT2D eigenvalue weighted by Crippen LogP contribution is -2.57. The summed E-state index contributed by atoms with van der Waals surface area (Å²) in [5.41, 5.74) is 0.602. The molecule has 0 radical (unpaired) electrons. The van der Waals surface area contributed by atoms with Crippen molar-refractivity contribution >= 4 is 17.9 Å². The molecule has 1 atom stereocenters. The van der Waals surface area contributed by atoms with E-state index in [4.69, 9.17) is 10.8 Å². The van der Waals surface area contributed by atoms with Crippen molar-refractivity contribution in [3.8, 4) is 0 Å². The number of nitrogens with one attached hydrogen (secondary N) is 1. The number of carboxylic acid groups (broad SMARTS) is 1. The van der Waals surface area contributed by atoms with Crippen LogP contribution in [0.2, 0.25) is 0 Å². The smallest absolute Gasteiger partial charge is 0.406 e. The zero-order valence-electron chi connectivity index (χ0n) is 11.5. The van der Waals surface area contributed by atoms with Crippen LogP contribution in [0, 0.1) is 5.41 Å². The summed E-state index contributed by atoms with van der Waals surface area (Å²) in [5, 5.41) is 11.0. The molecule has 10 heteroatoms. The standard InChI is InChI=1S/C11H16F3N3O4/c1-9(2,6(15)18)16-8(21)17-4-3-10(5-17,7(19)20)11(12,13)14/h3-5H2,1-2H3,(H2,15,18)(H,16,21)(H,19,20). The molecular weight excluding hydrogens is 295 g/mol. The van der Waals surface area contributed by atoms with E-state index in [0.717, 1.165) is 0 Å². The van der Waals surface area contributed by atoms with Crippen molar-refractivity contribution in [2.75, 3.05) is 13.1 Å². The summed E-state index contributed by atoms with van der Waals surface area (Å²) in [6.45, 7) is 1.19. The van der Waals surface area contributed by atoms with Crippen molar-refractivity contribution in [1.29, 1.82) is 0 Å². The number of nitrogens with two attached hydrogens (primary N) is 1. The van der Waals surface area contributed by atoms with E-state index in [9.17, 15) is 27.6 Å². The fourth-order valence-corrected chi connectivity index (χ4v) is 1.92. The number of likely N-dealkylation sites (tertiary alicyclic amines) is 1. The summed E-state index contributed by atoms with van der Waals surface area (Å²) in [4.78, 5) is 34.6. The number of nitrogens with zero attached hydrogens (tertiary/aromatic N) is 1. The number of aliphatic carboxylic acids is 1. The molecule has 1 fully saturated rings. The molecule has 1 heterocycles. The Morgan fingerprint density at radius 1 is 1.29 bits per heavy atom. The fraction of sp³-hybridized carbons (Fsp3) is 0.727. The summed E-state index contributed by atoms with van der Waals surface area (Å²) in [5.74, 6) is -2.89. The minimum Gasteiger partial charge on any atom is -0.481 e. The number of hydrogen-bond donors (Lipinski definition) is 3. The molecule has 120 valence electrons. The Bertz CT molecular complexity index is 478. The van der Waals surface area contributed by atoms with Crippen LogP contribution >= 0.6 is 0 Å². The summed E-state index contributed by atoms with van der Waals surface area (Å²) in [6, 6.07) is -0.967. The minimum atomic E-state index is -4.98. The number of rotatable bonds is 3. The van der Waals surface area contributed by atoms with Gasteiger partial charge in [0.15, 0.2) is 5.41 Å². The monoisotopic (exact) mass is 311 g/mol. The molecule has 21 heavy (non-hydrogen) atoms. The molecule has 0 aliphatic carbocycles. The lowest BCUT2D eigenvalue weighted by molar-refractivity contribution is -0.227. The van der Waals surface area contributed by atoms with Gasteiger partial charge in [-0.25, -0.2) is 4.79 Å². The lowest BCUT2D eigenvalue weighted by atomic mass is 9.86. The molecule has 0 aromatic heterocycles. The Morgan fingerprint density at radius 3 is 2.14 bits per heavy atom. The molecule has 7 nitrogen and oxygen atoms in total. The summed E-state index contributed by atoms with van der Waals surface area (Å²) in [7, 11) is 0. The van der Waals surface area contributed by atoms with E-state index in [0.29, 0.717) is 4.90 Å². The van der Waals surface area contributed by atoms with Gasteiger partial charge < -0.3 is 21.1 Å². The van der Waals surface area contributed by atoms with E-state index >= 15 is 0 Å². The van der Waals surface area contributed by atoms with E-state index in [2.05, 4.69) is 5.32 Å². The number of primary amides is 1. The highest BCUT2D eigenvalue weighted by Gasteiger charge is 2.64. The molecule has 0 aromatic rings. The van der Waals surface area contributed by atoms with Crippen molar-refractivity contribution in [3.63, 3.8) is 0 Å². The Labute approximate surface area is 118 Å². The van der Waals surface area contributed by atoms with Gasteiger partial charge in [0, 0.05) is 13.1 Å². The third-order valence-corrected chi connectivity index (χ3v) is 3.54. The molecule has 3 amide bonds. The summed E-state index contributed by atoms with van der Waals surface area (Å²) < 4.78 is 38.9. The maximum Gasteiger partial charge on any atom is 0.406 e. The second-order valence-electron chi connectivity index (χ2n) is 5.48. The maximum absolute atomic E-state index is 13.0. The zero-order valence-corrected chi connectivity index (χ0v) is 11.5. The zero-order chi connectivity index (χ0) is 16.6. The van der Waals surface area contributed by atoms with Crippen molar-refractivity contribution in [2.24, 2.45) is 11.1 Å². The van der Waals surface area contributed by atoms with Gasteiger partial charge >= 0.3 is 18.2 Å². The molecule has 1 unspecified atom stereocenters. The molecule has 1 aliphatic heterocycles. The molecular formula is C11H16F3N3O4. The SMILES string of the molecule is CC(C)(NC(=O)N1CCC(C(=O)O)(C(F)(F)F)C1)C(N)=O. The van der Waals surface area contributed by atoms with Gasteiger partial charge in [0.2, 0.25) is 5.91 Å². The quantitative estimate of drug-likeness (QED) is 0.695. The normalized spacial score (nSPS) is 23.0. The van der Waals surface area contributed by atoms with Crippen LogP contribution < -0.4 is 11.1 Å². The average Bonchev–Trinajstić information content (AvgIpc) is 2.73. The molecule has 1 aliphatic rings. The molecule has 0 spiro atoms. The first-order valence-corrected chi connectivity index (χ1v) is 6.00. The van der Waals surface area contributed by atoms with Crippen LogP contribution in [0.3, 0.4) is 0 Å². The molecule has 1 rings (SSSR count). The van der Waals surface area contributed by atoms with Crippen LogP contribution in [0.1, 0.15) is 20.3 Å². The van der Waals surface area contributed by atoms with Crippen LogP contribution in [-0.2, 0) is 9.59 Å². The van der Waals surface area contributed by atoms with Gasteiger partial charge in [-0.1, -0.05) is 0 Å². The molecule has 0 saturated carbocycles. The van der Waals surface area contributed by atoms with Gasteiger partial charge in [0.25, 0.3) is 0 Å². The first kappa shape index (κ1) is 17.1. The second kappa shape index (κ2) is 5.08. The maximum atomic E-state index is 13.0.